The van der Waals surface area contributed by atoms with Gasteiger partial charge in [0.15, 0.2) is 11.2 Å². The normalized spacial score (nSPS) is 11.1. The lowest BCUT2D eigenvalue weighted by Crippen LogP contribution is -2.21. The number of aromatic amines is 1. The molecule has 1 amide bonds. The molecule has 0 saturated heterocycles. The molecule has 142 valence electrons. The van der Waals surface area contributed by atoms with Gasteiger partial charge in [-0.15, -0.1) is 15.3 Å². The van der Waals surface area contributed by atoms with Crippen molar-refractivity contribution in [2.75, 3.05) is 5.32 Å². The summed E-state index contributed by atoms with van der Waals surface area (Å²) >= 11 is 1.45. The molecule has 0 spiro atoms. The predicted octanol–water partition coefficient (Wildman–Crippen LogP) is 1.54. The van der Waals surface area contributed by atoms with E-state index in [-0.39, 0.29) is 23.5 Å². The van der Waals surface area contributed by atoms with Gasteiger partial charge in [0.1, 0.15) is 10.0 Å². The molecule has 10 nitrogen and oxygen atoms in total. The zero-order valence-corrected chi connectivity index (χ0v) is 15.9. The maximum absolute atomic E-state index is 12.5. The number of nitrogens with one attached hydrogen (secondary N) is 2. The fraction of sp³-hybridized carbons (Fsp3) is 0.235. The van der Waals surface area contributed by atoms with Gasteiger partial charge < -0.3 is 10.3 Å². The van der Waals surface area contributed by atoms with Crippen LogP contribution in [0.2, 0.25) is 0 Å². The number of rotatable bonds is 5. The lowest BCUT2D eigenvalue weighted by Gasteiger charge is -2.05. The summed E-state index contributed by atoms with van der Waals surface area (Å²) in [6.07, 6.45) is 0.789. The zero-order valence-electron chi connectivity index (χ0n) is 15.1. The summed E-state index contributed by atoms with van der Waals surface area (Å²) in [5.74, 6) is -0.645. The Morgan fingerprint density at radius 2 is 1.93 bits per heavy atom. The molecular formula is C17H16N8O2S. The molecule has 0 saturated carbocycles. The highest BCUT2D eigenvalue weighted by molar-refractivity contribution is 7.11. The number of hydrogen-bond donors (Lipinski definition) is 2. The number of aryl methyl sites for hydroxylation is 2. The Balaban J connectivity index is 1.65. The van der Waals surface area contributed by atoms with Crippen LogP contribution in [0.4, 0.5) is 5.69 Å². The minimum atomic E-state index is -0.531. The Hall–Kier alpha value is -3.47. The van der Waals surface area contributed by atoms with E-state index in [1.165, 1.54) is 16.0 Å². The molecule has 1 aromatic carbocycles. The quantitative estimate of drug-likeness (QED) is 0.523. The van der Waals surface area contributed by atoms with Crippen LogP contribution < -0.4 is 10.9 Å². The average molecular weight is 396 g/mol. The van der Waals surface area contributed by atoms with Gasteiger partial charge in [-0.1, -0.05) is 41.2 Å². The fourth-order valence-electron chi connectivity index (χ4n) is 2.53. The van der Waals surface area contributed by atoms with Gasteiger partial charge in [0.2, 0.25) is 5.82 Å². The highest BCUT2D eigenvalue weighted by atomic mass is 32.1. The Labute approximate surface area is 162 Å². The number of H-pyrrole nitrogens is 1. The Morgan fingerprint density at radius 1 is 1.18 bits per heavy atom. The maximum Gasteiger partial charge on any atom is 0.291 e. The van der Waals surface area contributed by atoms with Gasteiger partial charge in [0.05, 0.1) is 6.54 Å². The molecule has 3 aromatic heterocycles. The van der Waals surface area contributed by atoms with Gasteiger partial charge in [-0.25, -0.2) is 9.67 Å². The predicted molar refractivity (Wildman–Crippen MR) is 103 cm³/mol. The standard InChI is InChI=1S/C17H16N8O2S/c1-3-11-21-22-12(28-11)8-25-15-13(23-24-25)16(26)20-14(19-15)17(27)18-10-6-4-9(2)5-7-10/h4-7H,3,8H2,1-2H3,(H,18,27)(H,19,20,26). The van der Waals surface area contributed by atoms with Crippen molar-refractivity contribution in [3.05, 3.63) is 56.0 Å². The minimum absolute atomic E-state index is 0.0621. The van der Waals surface area contributed by atoms with Crippen molar-refractivity contribution < 1.29 is 4.79 Å². The van der Waals surface area contributed by atoms with E-state index in [4.69, 9.17) is 0 Å². The first-order valence-corrected chi connectivity index (χ1v) is 9.38. The number of amides is 1. The van der Waals surface area contributed by atoms with Crippen molar-refractivity contribution in [3.63, 3.8) is 0 Å². The summed E-state index contributed by atoms with van der Waals surface area (Å²) < 4.78 is 1.44. The second-order valence-electron chi connectivity index (χ2n) is 6.10. The van der Waals surface area contributed by atoms with Crippen molar-refractivity contribution in [2.45, 2.75) is 26.8 Å². The van der Waals surface area contributed by atoms with Crippen molar-refractivity contribution in [1.82, 2.24) is 35.2 Å². The summed E-state index contributed by atoms with van der Waals surface area (Å²) in [5.41, 5.74) is 1.42. The topological polar surface area (TPSA) is 131 Å². The molecule has 0 fully saturated rings. The number of nitrogens with zero attached hydrogens (tertiary/aromatic N) is 6. The van der Waals surface area contributed by atoms with Gasteiger partial charge in [0.25, 0.3) is 11.5 Å². The molecule has 0 atom stereocenters. The molecule has 0 radical (unpaired) electrons. The number of hydrogen-bond acceptors (Lipinski definition) is 8. The maximum atomic E-state index is 12.5. The molecule has 0 aliphatic rings. The van der Waals surface area contributed by atoms with E-state index in [0.717, 1.165) is 22.0 Å². The fourth-order valence-corrected chi connectivity index (χ4v) is 3.30. The molecule has 3 heterocycles. The van der Waals surface area contributed by atoms with Crippen molar-refractivity contribution >= 4 is 34.1 Å². The van der Waals surface area contributed by atoms with E-state index in [2.05, 4.69) is 35.8 Å². The smallest absolute Gasteiger partial charge is 0.291 e. The van der Waals surface area contributed by atoms with Crippen LogP contribution in [0, 0.1) is 6.92 Å². The molecule has 4 rings (SSSR count). The minimum Gasteiger partial charge on any atom is -0.319 e. The monoisotopic (exact) mass is 396 g/mol. The second kappa shape index (κ2) is 7.27. The first kappa shape index (κ1) is 17.9. The highest BCUT2D eigenvalue weighted by Gasteiger charge is 2.17. The Kier molecular flexibility index (Phi) is 4.65. The average Bonchev–Trinajstić information content (AvgIpc) is 3.31. The molecule has 11 heteroatoms. The Morgan fingerprint density at radius 3 is 2.64 bits per heavy atom. The van der Waals surface area contributed by atoms with Crippen LogP contribution in [-0.4, -0.2) is 41.1 Å². The third-order valence-electron chi connectivity index (χ3n) is 3.99. The number of benzene rings is 1. The van der Waals surface area contributed by atoms with E-state index in [1.807, 2.05) is 26.0 Å². The first-order chi connectivity index (χ1) is 13.5. The van der Waals surface area contributed by atoms with Crippen LogP contribution >= 0.6 is 11.3 Å². The van der Waals surface area contributed by atoms with Crippen LogP contribution in [0.15, 0.2) is 29.1 Å². The summed E-state index contributed by atoms with van der Waals surface area (Å²) in [4.78, 5) is 31.5. The molecule has 0 unspecified atom stereocenters. The van der Waals surface area contributed by atoms with Crippen LogP contribution in [0.3, 0.4) is 0 Å². The highest BCUT2D eigenvalue weighted by Crippen LogP contribution is 2.14. The van der Waals surface area contributed by atoms with Gasteiger partial charge in [-0.05, 0) is 25.5 Å². The van der Waals surface area contributed by atoms with Crippen LogP contribution in [0.1, 0.15) is 33.1 Å². The summed E-state index contributed by atoms with van der Waals surface area (Å²) in [6.45, 7) is 4.22. The van der Waals surface area contributed by atoms with Gasteiger partial charge >= 0.3 is 0 Å². The molecule has 0 aliphatic carbocycles. The molecular weight excluding hydrogens is 380 g/mol. The number of aromatic nitrogens is 7. The third kappa shape index (κ3) is 3.51. The number of carbonyl (C=O) groups is 1. The zero-order chi connectivity index (χ0) is 19.7. The lowest BCUT2D eigenvalue weighted by molar-refractivity contribution is 0.101. The summed E-state index contributed by atoms with van der Waals surface area (Å²) in [6, 6.07) is 7.30. The van der Waals surface area contributed by atoms with Crippen LogP contribution in [0.25, 0.3) is 11.2 Å². The number of carbonyl (C=O) groups excluding carboxylic acids is 1. The summed E-state index contributed by atoms with van der Waals surface area (Å²) in [7, 11) is 0. The van der Waals surface area contributed by atoms with E-state index >= 15 is 0 Å². The van der Waals surface area contributed by atoms with Crippen LogP contribution in [-0.2, 0) is 13.0 Å². The van der Waals surface area contributed by atoms with Gasteiger partial charge in [-0.3, -0.25) is 9.59 Å². The molecule has 28 heavy (non-hydrogen) atoms. The largest absolute Gasteiger partial charge is 0.319 e. The van der Waals surface area contributed by atoms with Crippen molar-refractivity contribution in [1.29, 1.82) is 0 Å². The Bertz CT molecular complexity index is 1210. The lowest BCUT2D eigenvalue weighted by atomic mass is 10.2. The van der Waals surface area contributed by atoms with Crippen molar-refractivity contribution in [3.8, 4) is 0 Å². The third-order valence-corrected chi connectivity index (χ3v) is 5.05. The van der Waals surface area contributed by atoms with Crippen molar-refractivity contribution in [2.24, 2.45) is 0 Å². The van der Waals surface area contributed by atoms with Gasteiger partial charge in [0, 0.05) is 5.69 Å². The molecule has 0 aliphatic heterocycles. The number of anilines is 1. The van der Waals surface area contributed by atoms with E-state index in [0.29, 0.717) is 5.69 Å². The molecule has 4 aromatic rings. The SMILES string of the molecule is CCc1nnc(Cn2nnc3c(=O)[nH]c(C(=O)Nc4ccc(C)cc4)nc32)s1. The van der Waals surface area contributed by atoms with E-state index in [1.54, 1.807) is 12.1 Å². The van der Waals surface area contributed by atoms with E-state index < -0.39 is 11.5 Å². The van der Waals surface area contributed by atoms with E-state index in [9.17, 15) is 9.59 Å². The summed E-state index contributed by atoms with van der Waals surface area (Å²) in [5, 5.41) is 20.3. The van der Waals surface area contributed by atoms with Gasteiger partial charge in [-0.2, -0.15) is 0 Å². The second-order valence-corrected chi connectivity index (χ2v) is 7.24. The molecule has 2 N–H and O–H groups in total. The van der Waals surface area contributed by atoms with Crippen LogP contribution in [0.5, 0.6) is 0 Å². The first-order valence-electron chi connectivity index (χ1n) is 8.56. The number of fused-ring (bicyclic) bond motifs is 1. The molecule has 0 bridgehead atoms.